The third kappa shape index (κ3) is 3.86. The number of benzene rings is 2. The second-order valence-corrected chi connectivity index (χ2v) is 7.22. The minimum atomic E-state index is -0.670. The van der Waals surface area contributed by atoms with Gasteiger partial charge in [-0.2, -0.15) is 0 Å². The maximum atomic E-state index is 13.6. The molecule has 152 valence electrons. The molecule has 1 saturated heterocycles. The van der Waals surface area contributed by atoms with Gasteiger partial charge in [0.2, 0.25) is 0 Å². The number of rotatable bonds is 5. The lowest BCUT2D eigenvalue weighted by Gasteiger charge is -2.36. The Morgan fingerprint density at radius 1 is 0.931 bits per heavy atom. The first-order chi connectivity index (χ1) is 14.0. The van der Waals surface area contributed by atoms with Crippen LogP contribution in [0.4, 0.5) is 14.5 Å². The zero-order valence-corrected chi connectivity index (χ0v) is 16.0. The molecule has 0 atom stereocenters. The number of carbonyl (C=O) groups is 2. The maximum Gasteiger partial charge on any atom is 0.300 e. The van der Waals surface area contributed by atoms with Crippen molar-refractivity contribution in [3.63, 3.8) is 0 Å². The summed E-state index contributed by atoms with van der Waals surface area (Å²) in [5.41, 5.74) is 1.36. The first-order valence-electron chi connectivity index (χ1n) is 9.39. The van der Waals surface area contributed by atoms with Gasteiger partial charge in [0.1, 0.15) is 17.4 Å². The Morgan fingerprint density at radius 2 is 1.59 bits per heavy atom. The summed E-state index contributed by atoms with van der Waals surface area (Å²) in [5.74, 6) is -1.48. The fourth-order valence-corrected chi connectivity index (χ4v) is 3.81. The van der Waals surface area contributed by atoms with Crippen molar-refractivity contribution in [3.05, 3.63) is 59.2 Å². The second kappa shape index (κ2) is 7.88. The summed E-state index contributed by atoms with van der Waals surface area (Å²) in [6, 6.07) is 8.31. The van der Waals surface area contributed by atoms with E-state index in [1.807, 2.05) is 0 Å². The lowest BCUT2D eigenvalue weighted by atomic mass is 10.1. The van der Waals surface area contributed by atoms with Gasteiger partial charge in [0.25, 0.3) is 5.78 Å². The highest BCUT2D eigenvalue weighted by molar-refractivity contribution is 6.52. The van der Waals surface area contributed by atoms with E-state index >= 15 is 0 Å². The summed E-state index contributed by atoms with van der Waals surface area (Å²) in [6.45, 7) is 3.68. The van der Waals surface area contributed by atoms with Crippen molar-refractivity contribution < 1.29 is 23.1 Å². The number of halogens is 2. The van der Waals surface area contributed by atoms with E-state index in [1.165, 1.54) is 29.2 Å². The highest BCUT2D eigenvalue weighted by atomic mass is 19.1. The highest BCUT2D eigenvalue weighted by Crippen LogP contribution is 2.30. The second-order valence-electron chi connectivity index (χ2n) is 7.22. The van der Waals surface area contributed by atoms with Crippen LogP contribution in [0.3, 0.4) is 0 Å². The molecule has 0 bridgehead atoms. The van der Waals surface area contributed by atoms with Crippen LogP contribution in [-0.4, -0.2) is 61.4 Å². The average Bonchev–Trinajstić information content (AvgIpc) is 2.94. The molecule has 0 aromatic heterocycles. The van der Waals surface area contributed by atoms with Crippen molar-refractivity contribution in [3.8, 4) is 5.75 Å². The van der Waals surface area contributed by atoms with Crippen molar-refractivity contribution in [2.75, 3.05) is 44.9 Å². The number of piperazine rings is 1. The van der Waals surface area contributed by atoms with E-state index in [2.05, 4.69) is 9.80 Å². The number of anilines is 1. The van der Waals surface area contributed by atoms with Gasteiger partial charge in [-0.15, -0.1) is 0 Å². The van der Waals surface area contributed by atoms with E-state index in [9.17, 15) is 18.4 Å². The molecule has 0 N–H and O–H groups in total. The van der Waals surface area contributed by atoms with Crippen molar-refractivity contribution in [1.29, 1.82) is 0 Å². The van der Waals surface area contributed by atoms with Gasteiger partial charge < -0.3 is 4.74 Å². The Balaban J connectivity index is 1.38. The topological polar surface area (TPSA) is 53.1 Å². The predicted octanol–water partition coefficient (Wildman–Crippen LogP) is 2.28. The molecule has 2 aromatic rings. The van der Waals surface area contributed by atoms with Gasteiger partial charge in [-0.25, -0.2) is 8.78 Å². The van der Waals surface area contributed by atoms with E-state index < -0.39 is 17.5 Å². The molecular formula is C21H21F2N3O3. The smallest absolute Gasteiger partial charge is 0.300 e. The Bertz CT molecular complexity index is 958. The molecule has 0 radical (unpaired) electrons. The zero-order chi connectivity index (χ0) is 20.5. The summed E-state index contributed by atoms with van der Waals surface area (Å²) < 4.78 is 32.3. The molecule has 29 heavy (non-hydrogen) atoms. The summed E-state index contributed by atoms with van der Waals surface area (Å²) in [6.07, 6.45) is 0. The van der Waals surface area contributed by atoms with E-state index in [0.717, 1.165) is 24.7 Å². The van der Waals surface area contributed by atoms with E-state index in [4.69, 9.17) is 4.74 Å². The largest absolute Gasteiger partial charge is 0.496 e. The van der Waals surface area contributed by atoms with Crippen molar-refractivity contribution >= 4 is 17.4 Å². The molecular weight excluding hydrogens is 380 g/mol. The number of nitrogens with zero attached hydrogens (tertiary/aromatic N) is 3. The van der Waals surface area contributed by atoms with Crippen LogP contribution in [-0.2, 0) is 11.3 Å². The van der Waals surface area contributed by atoms with Gasteiger partial charge in [-0.1, -0.05) is 0 Å². The summed E-state index contributed by atoms with van der Waals surface area (Å²) in [7, 11) is 1.56. The van der Waals surface area contributed by atoms with Crippen LogP contribution in [0.5, 0.6) is 5.75 Å². The number of methoxy groups -OCH3 is 1. The summed E-state index contributed by atoms with van der Waals surface area (Å²) in [4.78, 5) is 30.1. The molecule has 2 heterocycles. The molecule has 6 nitrogen and oxygen atoms in total. The van der Waals surface area contributed by atoms with Crippen LogP contribution in [0.25, 0.3) is 0 Å². The van der Waals surface area contributed by atoms with E-state index in [0.29, 0.717) is 31.1 Å². The van der Waals surface area contributed by atoms with Crippen LogP contribution in [0, 0.1) is 11.6 Å². The number of fused-ring (bicyclic) bond motifs is 1. The average molecular weight is 401 g/mol. The van der Waals surface area contributed by atoms with Crippen LogP contribution in [0.2, 0.25) is 0 Å². The number of amides is 1. The SMILES string of the molecule is COc1ccc(F)cc1CN1CCN(CN2C(=O)C(=O)c3cc(F)ccc32)CC1. The molecule has 1 amide bonds. The van der Waals surface area contributed by atoms with Gasteiger partial charge in [0, 0.05) is 38.3 Å². The van der Waals surface area contributed by atoms with E-state index in [1.54, 1.807) is 13.2 Å². The third-order valence-corrected chi connectivity index (χ3v) is 5.38. The summed E-state index contributed by atoms with van der Waals surface area (Å²) in [5, 5.41) is 0. The minimum Gasteiger partial charge on any atom is -0.496 e. The third-order valence-electron chi connectivity index (χ3n) is 5.38. The maximum absolute atomic E-state index is 13.6. The number of carbonyl (C=O) groups excluding carboxylic acids is 2. The van der Waals surface area contributed by atoms with Crippen molar-refractivity contribution in [2.45, 2.75) is 6.54 Å². The van der Waals surface area contributed by atoms with Gasteiger partial charge in [0.05, 0.1) is 25.0 Å². The molecule has 0 aliphatic carbocycles. The first kappa shape index (κ1) is 19.5. The molecule has 0 unspecified atom stereocenters. The molecule has 2 aromatic carbocycles. The minimum absolute atomic E-state index is 0.117. The Kier molecular flexibility index (Phi) is 5.29. The predicted molar refractivity (Wildman–Crippen MR) is 103 cm³/mol. The first-order valence-corrected chi connectivity index (χ1v) is 9.39. The van der Waals surface area contributed by atoms with Crippen LogP contribution in [0.15, 0.2) is 36.4 Å². The Labute approximate surface area is 167 Å². The zero-order valence-electron chi connectivity index (χ0n) is 16.0. The molecule has 2 aliphatic heterocycles. The molecule has 2 aliphatic rings. The lowest BCUT2D eigenvalue weighted by Crippen LogP contribution is -2.50. The molecule has 4 rings (SSSR count). The number of ether oxygens (including phenoxy) is 1. The number of hydrogen-bond acceptors (Lipinski definition) is 5. The number of Topliss-reactive ketones (excluding diaryl/α,β-unsaturated/α-hetero) is 1. The van der Waals surface area contributed by atoms with Crippen molar-refractivity contribution in [1.82, 2.24) is 9.80 Å². The molecule has 8 heteroatoms. The van der Waals surface area contributed by atoms with Crippen LogP contribution >= 0.6 is 0 Å². The Morgan fingerprint density at radius 3 is 2.31 bits per heavy atom. The summed E-state index contributed by atoms with van der Waals surface area (Å²) >= 11 is 0. The monoisotopic (exact) mass is 401 g/mol. The number of ketones is 1. The fourth-order valence-electron chi connectivity index (χ4n) is 3.81. The normalized spacial score (nSPS) is 17.7. The molecule has 0 saturated carbocycles. The van der Waals surface area contributed by atoms with Gasteiger partial charge in [-0.05, 0) is 36.4 Å². The highest BCUT2D eigenvalue weighted by Gasteiger charge is 2.37. The molecule has 0 spiro atoms. The lowest BCUT2D eigenvalue weighted by molar-refractivity contribution is -0.114. The van der Waals surface area contributed by atoms with Gasteiger partial charge >= 0.3 is 5.91 Å². The standard InChI is InChI=1S/C21H21F2N3O3/c1-29-19-5-3-15(22)10-14(19)12-24-6-8-25(9-7-24)13-26-18-4-2-16(23)11-17(18)20(27)21(26)28/h2-5,10-11H,6-9,12-13H2,1H3. The number of hydrogen-bond donors (Lipinski definition) is 0. The fraction of sp³-hybridized carbons (Fsp3) is 0.333. The van der Waals surface area contributed by atoms with Gasteiger partial charge in [0.15, 0.2) is 0 Å². The van der Waals surface area contributed by atoms with Crippen molar-refractivity contribution in [2.24, 2.45) is 0 Å². The van der Waals surface area contributed by atoms with Crippen LogP contribution < -0.4 is 9.64 Å². The van der Waals surface area contributed by atoms with Crippen LogP contribution in [0.1, 0.15) is 15.9 Å². The molecule has 1 fully saturated rings. The van der Waals surface area contributed by atoms with E-state index in [-0.39, 0.29) is 18.0 Å². The quantitative estimate of drug-likeness (QED) is 0.720. The Hall–Kier alpha value is -2.84. The van der Waals surface area contributed by atoms with Gasteiger partial charge in [-0.3, -0.25) is 24.3 Å².